The summed E-state index contributed by atoms with van der Waals surface area (Å²) in [5.74, 6) is -0.843. The first-order chi connectivity index (χ1) is 13.8. The van der Waals surface area contributed by atoms with Gasteiger partial charge in [-0.1, -0.05) is 12.1 Å². The molecule has 10 heteroatoms. The van der Waals surface area contributed by atoms with Crippen LogP contribution in [0.2, 0.25) is 0 Å². The van der Waals surface area contributed by atoms with Crippen LogP contribution in [0.25, 0.3) is 0 Å². The first kappa shape index (κ1) is 21.3. The summed E-state index contributed by atoms with van der Waals surface area (Å²) in [6, 6.07) is 5.69. The zero-order valence-electron chi connectivity index (χ0n) is 16.8. The molecule has 0 aliphatic carbocycles. The lowest BCUT2D eigenvalue weighted by Gasteiger charge is -2.23. The van der Waals surface area contributed by atoms with Crippen molar-refractivity contribution in [2.45, 2.75) is 39.7 Å². The topological polar surface area (TPSA) is 114 Å². The molecule has 1 fully saturated rings. The molecule has 0 saturated carbocycles. The van der Waals surface area contributed by atoms with Crippen molar-refractivity contribution >= 4 is 27.8 Å². The van der Waals surface area contributed by atoms with Crippen LogP contribution < -0.4 is 10.0 Å². The summed E-state index contributed by atoms with van der Waals surface area (Å²) in [4.78, 5) is 16.5. The van der Waals surface area contributed by atoms with E-state index >= 15 is 0 Å². The highest BCUT2D eigenvalue weighted by atomic mass is 32.2. The highest BCUT2D eigenvalue weighted by Crippen LogP contribution is 2.23. The van der Waals surface area contributed by atoms with Gasteiger partial charge >= 0.3 is 10.2 Å². The van der Waals surface area contributed by atoms with Gasteiger partial charge in [-0.15, -0.1) is 0 Å². The number of aryl methyl sites for hydroxylation is 2. The molecule has 3 rings (SSSR count). The number of rotatable bonds is 8. The van der Waals surface area contributed by atoms with E-state index in [1.165, 1.54) is 4.31 Å². The van der Waals surface area contributed by atoms with Crippen LogP contribution in [-0.4, -0.2) is 49.4 Å². The number of anilines is 2. The summed E-state index contributed by atoms with van der Waals surface area (Å²) in [6.45, 7) is 6.90. The minimum absolute atomic E-state index is 0.108. The molecule has 1 atom stereocenters. The SMILES string of the molecule is CCOC[C@@H]1CCCN1S(=O)(=O)NC(=O)c1coc(Nc2cc(C)ccc2C)n1. The number of nitrogens with zero attached hydrogens (tertiary/aromatic N) is 2. The molecule has 9 nitrogen and oxygen atoms in total. The summed E-state index contributed by atoms with van der Waals surface area (Å²) in [5.41, 5.74) is 2.71. The number of nitrogens with one attached hydrogen (secondary N) is 2. The lowest BCUT2D eigenvalue weighted by molar-refractivity contribution is 0.0963. The van der Waals surface area contributed by atoms with Crippen LogP contribution in [0.1, 0.15) is 41.4 Å². The summed E-state index contributed by atoms with van der Waals surface area (Å²) >= 11 is 0. The number of oxazole rings is 1. The van der Waals surface area contributed by atoms with E-state index in [1.54, 1.807) is 0 Å². The van der Waals surface area contributed by atoms with E-state index in [1.807, 2.05) is 39.0 Å². The van der Waals surface area contributed by atoms with Crippen LogP contribution in [0, 0.1) is 13.8 Å². The molecule has 2 heterocycles. The predicted octanol–water partition coefficient (Wildman–Crippen LogP) is 2.51. The van der Waals surface area contributed by atoms with E-state index in [2.05, 4.69) is 15.0 Å². The molecular weight excluding hydrogens is 396 g/mol. The van der Waals surface area contributed by atoms with Crippen molar-refractivity contribution in [2.75, 3.05) is 25.1 Å². The van der Waals surface area contributed by atoms with E-state index in [-0.39, 0.29) is 17.8 Å². The fourth-order valence-corrected chi connectivity index (χ4v) is 4.58. The molecule has 2 N–H and O–H groups in total. The van der Waals surface area contributed by atoms with Crippen molar-refractivity contribution in [2.24, 2.45) is 0 Å². The number of hydrogen-bond donors (Lipinski definition) is 2. The van der Waals surface area contributed by atoms with E-state index in [0.717, 1.165) is 29.5 Å². The maximum atomic E-state index is 12.6. The van der Waals surface area contributed by atoms with Crippen LogP contribution in [0.5, 0.6) is 0 Å². The van der Waals surface area contributed by atoms with Gasteiger partial charge < -0.3 is 14.5 Å². The van der Waals surface area contributed by atoms with Crippen molar-refractivity contribution in [1.82, 2.24) is 14.0 Å². The van der Waals surface area contributed by atoms with Gasteiger partial charge in [-0.3, -0.25) is 4.79 Å². The molecule has 0 radical (unpaired) electrons. The van der Waals surface area contributed by atoms with E-state index < -0.39 is 16.1 Å². The maximum absolute atomic E-state index is 12.6. The Labute approximate surface area is 170 Å². The van der Waals surface area contributed by atoms with Gasteiger partial charge in [0.2, 0.25) is 0 Å². The third kappa shape index (κ3) is 5.14. The highest BCUT2D eigenvalue weighted by Gasteiger charge is 2.35. The molecule has 29 heavy (non-hydrogen) atoms. The second-order valence-corrected chi connectivity index (χ2v) is 8.61. The number of carbonyl (C=O) groups excluding carboxylic acids is 1. The standard InChI is InChI=1S/C19H26N4O5S/c1-4-27-11-15-6-5-9-23(15)29(25,26)22-18(24)17-12-28-19(21-17)20-16-10-13(2)7-8-14(16)3/h7-8,10,12,15H,4-6,9,11H2,1-3H3,(H,20,21)(H,22,24)/t15-/m0/s1. The number of ether oxygens (including phenoxy) is 1. The zero-order chi connectivity index (χ0) is 21.0. The van der Waals surface area contributed by atoms with Gasteiger partial charge in [0.25, 0.3) is 11.9 Å². The monoisotopic (exact) mass is 422 g/mol. The van der Waals surface area contributed by atoms with E-state index in [4.69, 9.17) is 9.15 Å². The van der Waals surface area contributed by atoms with Crippen molar-refractivity contribution in [3.05, 3.63) is 41.3 Å². The van der Waals surface area contributed by atoms with Gasteiger partial charge in [-0.2, -0.15) is 17.7 Å². The molecule has 0 spiro atoms. The van der Waals surface area contributed by atoms with Gasteiger partial charge in [-0.25, -0.2) is 4.72 Å². The smallest absolute Gasteiger partial charge is 0.304 e. The fourth-order valence-electron chi connectivity index (χ4n) is 3.20. The number of carbonyl (C=O) groups is 1. The molecule has 158 valence electrons. The number of aromatic nitrogens is 1. The van der Waals surface area contributed by atoms with Crippen LogP contribution in [0.15, 0.2) is 28.9 Å². The maximum Gasteiger partial charge on any atom is 0.304 e. The number of benzene rings is 1. The molecule has 2 aromatic rings. The molecule has 1 amide bonds. The second-order valence-electron chi connectivity index (χ2n) is 6.98. The Morgan fingerprint density at radius 3 is 2.93 bits per heavy atom. The van der Waals surface area contributed by atoms with E-state index in [9.17, 15) is 13.2 Å². The Morgan fingerprint density at radius 2 is 2.17 bits per heavy atom. The first-order valence-corrected chi connectivity index (χ1v) is 11.0. The van der Waals surface area contributed by atoms with Gasteiger partial charge in [0.05, 0.1) is 6.61 Å². The molecular formula is C19H26N4O5S. The summed E-state index contributed by atoms with van der Waals surface area (Å²) < 4.78 is 39.3. The molecule has 1 aromatic heterocycles. The normalized spacial score (nSPS) is 17.4. The summed E-state index contributed by atoms with van der Waals surface area (Å²) in [6.07, 6.45) is 2.55. The minimum atomic E-state index is -4.00. The second kappa shape index (κ2) is 8.93. The third-order valence-electron chi connectivity index (χ3n) is 4.74. The Morgan fingerprint density at radius 1 is 1.38 bits per heavy atom. The molecule has 1 aliphatic rings. The van der Waals surface area contributed by atoms with E-state index in [0.29, 0.717) is 26.2 Å². The van der Waals surface area contributed by atoms with Crippen LogP contribution >= 0.6 is 0 Å². The zero-order valence-corrected chi connectivity index (χ0v) is 17.6. The Hall–Kier alpha value is -2.43. The molecule has 1 aromatic carbocycles. The van der Waals surface area contributed by atoms with Crippen LogP contribution in [0.3, 0.4) is 0 Å². The van der Waals surface area contributed by atoms with Crippen molar-refractivity contribution in [1.29, 1.82) is 0 Å². The van der Waals surface area contributed by atoms with Gasteiger partial charge in [-0.05, 0) is 50.8 Å². The average Bonchev–Trinajstić information content (AvgIpc) is 3.32. The van der Waals surface area contributed by atoms with Crippen molar-refractivity contribution < 1.29 is 22.4 Å². The van der Waals surface area contributed by atoms with Crippen LogP contribution in [0.4, 0.5) is 11.7 Å². The van der Waals surface area contributed by atoms with Crippen molar-refractivity contribution in [3.8, 4) is 0 Å². The molecule has 0 bridgehead atoms. The molecule has 1 saturated heterocycles. The lowest BCUT2D eigenvalue weighted by Crippen LogP contribution is -2.47. The molecule has 1 aliphatic heterocycles. The average molecular weight is 423 g/mol. The largest absolute Gasteiger partial charge is 0.431 e. The van der Waals surface area contributed by atoms with Gasteiger partial charge in [0, 0.05) is 24.9 Å². The first-order valence-electron chi connectivity index (χ1n) is 9.51. The Kier molecular flexibility index (Phi) is 6.56. The quantitative estimate of drug-likeness (QED) is 0.672. The fraction of sp³-hybridized carbons (Fsp3) is 0.474. The number of amides is 1. The number of hydrogen-bond acceptors (Lipinski definition) is 7. The Balaban J connectivity index is 1.67. The van der Waals surface area contributed by atoms with Crippen LogP contribution in [-0.2, 0) is 14.9 Å². The summed E-state index contributed by atoms with van der Waals surface area (Å²) in [5, 5.41) is 3.00. The van der Waals surface area contributed by atoms with Gasteiger partial charge in [0.1, 0.15) is 6.26 Å². The highest BCUT2D eigenvalue weighted by molar-refractivity contribution is 7.87. The molecule has 0 unspecified atom stereocenters. The summed E-state index contributed by atoms with van der Waals surface area (Å²) in [7, 11) is -4.00. The minimum Gasteiger partial charge on any atom is -0.431 e. The van der Waals surface area contributed by atoms with Crippen molar-refractivity contribution in [3.63, 3.8) is 0 Å². The Bertz CT molecular complexity index is 973. The van der Waals surface area contributed by atoms with Gasteiger partial charge in [0.15, 0.2) is 5.69 Å². The third-order valence-corrected chi connectivity index (χ3v) is 6.28. The lowest BCUT2D eigenvalue weighted by atomic mass is 10.1. The predicted molar refractivity (Wildman–Crippen MR) is 108 cm³/mol.